The van der Waals surface area contributed by atoms with Crippen molar-refractivity contribution >= 4 is 59.6 Å². The Kier molecular flexibility index (Phi) is 15.6. The van der Waals surface area contributed by atoms with Crippen LogP contribution in [-0.4, -0.2) is 93.1 Å². The molecule has 2 fully saturated rings. The molecule has 0 spiro atoms. The van der Waals surface area contributed by atoms with Gasteiger partial charge in [0.2, 0.25) is 11.8 Å². The van der Waals surface area contributed by atoms with Crippen molar-refractivity contribution in [3.05, 3.63) is 71.7 Å². The summed E-state index contributed by atoms with van der Waals surface area (Å²) < 4.78 is 9.47. The molecule has 308 valence electrons. The highest BCUT2D eigenvalue weighted by atomic mass is 35.5. The first-order valence-electron chi connectivity index (χ1n) is 18.9. The molecule has 4 amide bonds. The van der Waals surface area contributed by atoms with Crippen LogP contribution >= 0.6 is 24.8 Å². The molecule has 6 rings (SSSR count). The van der Waals surface area contributed by atoms with Gasteiger partial charge < -0.3 is 39.9 Å². The zero-order valence-electron chi connectivity index (χ0n) is 33.4. The first kappa shape index (κ1) is 45.0. The number of aromatic nitrogens is 4. The van der Waals surface area contributed by atoms with E-state index in [4.69, 9.17) is 9.47 Å². The first-order chi connectivity index (χ1) is 27.0. The van der Waals surface area contributed by atoms with E-state index in [0.717, 1.165) is 53.3 Å². The zero-order chi connectivity index (χ0) is 39.9. The molecule has 4 atom stereocenters. The lowest BCUT2D eigenvalue weighted by atomic mass is 10.0. The fraction of sp³-hybridized carbons (Fsp3) is 0.429. The number of halogens is 2. The van der Waals surface area contributed by atoms with Gasteiger partial charge in [-0.1, -0.05) is 51.8 Å². The molecular weight excluding hydrogens is 783 g/mol. The van der Waals surface area contributed by atoms with Crippen LogP contribution in [0.4, 0.5) is 9.59 Å². The number of amides is 4. The smallest absolute Gasteiger partial charge is 0.407 e. The van der Waals surface area contributed by atoms with E-state index < -0.39 is 24.3 Å². The molecule has 0 saturated carbocycles. The van der Waals surface area contributed by atoms with Crippen molar-refractivity contribution in [3.63, 3.8) is 0 Å². The second kappa shape index (κ2) is 20.1. The maximum Gasteiger partial charge on any atom is 0.407 e. The second-order valence-corrected chi connectivity index (χ2v) is 14.7. The summed E-state index contributed by atoms with van der Waals surface area (Å²) in [6.07, 6.45) is 5.36. The van der Waals surface area contributed by atoms with Crippen molar-refractivity contribution in [3.8, 4) is 34.9 Å². The Morgan fingerprint density at radius 3 is 1.81 bits per heavy atom. The molecule has 0 aliphatic carbocycles. The molecule has 0 unspecified atom stereocenters. The molecular formula is C42H50Cl2N8O6. The molecule has 4 aromatic rings. The van der Waals surface area contributed by atoms with Crippen LogP contribution in [0.25, 0.3) is 22.0 Å². The number of aromatic amines is 2. The number of alkyl carbamates (subject to hydrolysis) is 2. The Morgan fingerprint density at radius 1 is 0.724 bits per heavy atom. The SMILES string of the molecule is COC(=O)N[C@H](C(=O)N1CCC[C@H]1c1ncc(C#CC#Cc2ccc3cc(-c4cnc([C@@H]5CCCN5C(=O)[C@@H](NC(=O)OC)C(C)C)[nH]4)ccc3c2)[nH]1)C(C)C.Cl.Cl. The molecule has 4 heterocycles. The average Bonchev–Trinajstić information content (AvgIpc) is 4.03. The number of fused-ring (bicyclic) bond motifs is 1. The number of imidazole rings is 2. The van der Waals surface area contributed by atoms with Gasteiger partial charge in [0.1, 0.15) is 29.4 Å². The van der Waals surface area contributed by atoms with Crippen LogP contribution in [0.2, 0.25) is 0 Å². The number of nitrogens with zero attached hydrogens (tertiary/aromatic N) is 4. The molecule has 4 N–H and O–H groups in total. The molecule has 2 aliphatic heterocycles. The zero-order valence-corrected chi connectivity index (χ0v) is 35.0. The lowest BCUT2D eigenvalue weighted by molar-refractivity contribution is -0.136. The predicted molar refractivity (Wildman–Crippen MR) is 224 cm³/mol. The lowest BCUT2D eigenvalue weighted by Crippen LogP contribution is -2.51. The van der Waals surface area contributed by atoms with E-state index in [1.165, 1.54) is 14.2 Å². The van der Waals surface area contributed by atoms with Crippen molar-refractivity contribution in [2.45, 2.75) is 77.5 Å². The minimum Gasteiger partial charge on any atom is -0.453 e. The highest BCUT2D eigenvalue weighted by Gasteiger charge is 2.39. The molecule has 2 aromatic heterocycles. The summed E-state index contributed by atoms with van der Waals surface area (Å²) in [4.78, 5) is 70.2. The van der Waals surface area contributed by atoms with Crippen molar-refractivity contribution in [2.75, 3.05) is 27.3 Å². The third kappa shape index (κ3) is 10.2. The van der Waals surface area contributed by atoms with Crippen LogP contribution in [0.5, 0.6) is 0 Å². The largest absolute Gasteiger partial charge is 0.453 e. The molecule has 14 nitrogen and oxygen atoms in total. The van der Waals surface area contributed by atoms with Gasteiger partial charge in [-0.2, -0.15) is 0 Å². The quantitative estimate of drug-likeness (QED) is 0.143. The highest BCUT2D eigenvalue weighted by molar-refractivity contribution is 5.89. The van der Waals surface area contributed by atoms with Crippen molar-refractivity contribution < 1.29 is 28.7 Å². The average molecular weight is 834 g/mol. The van der Waals surface area contributed by atoms with E-state index in [2.05, 4.69) is 60.3 Å². The van der Waals surface area contributed by atoms with Gasteiger partial charge in [0.25, 0.3) is 0 Å². The number of rotatable bonds is 9. The number of nitrogens with one attached hydrogen (secondary N) is 4. The van der Waals surface area contributed by atoms with E-state index in [0.29, 0.717) is 30.4 Å². The number of carbonyl (C=O) groups excluding carboxylic acids is 4. The number of hydrogen-bond acceptors (Lipinski definition) is 8. The Balaban J connectivity index is 0.00000372. The van der Waals surface area contributed by atoms with Crippen LogP contribution in [0.1, 0.15) is 88.4 Å². The molecule has 0 radical (unpaired) electrons. The van der Waals surface area contributed by atoms with Crippen LogP contribution in [0, 0.1) is 35.5 Å². The monoisotopic (exact) mass is 832 g/mol. The number of hydrogen-bond donors (Lipinski definition) is 4. The number of carbonyl (C=O) groups is 4. The maximum atomic E-state index is 13.5. The van der Waals surface area contributed by atoms with Gasteiger partial charge >= 0.3 is 12.2 Å². The summed E-state index contributed by atoms with van der Waals surface area (Å²) in [7, 11) is 2.56. The van der Waals surface area contributed by atoms with Gasteiger partial charge in [-0.15, -0.1) is 24.8 Å². The van der Waals surface area contributed by atoms with Crippen molar-refractivity contribution in [1.82, 2.24) is 40.4 Å². The summed E-state index contributed by atoms with van der Waals surface area (Å²) in [5, 5.41) is 7.41. The number of likely N-dealkylation sites (tertiary alicyclic amines) is 2. The normalized spacial score (nSPS) is 16.9. The lowest BCUT2D eigenvalue weighted by Gasteiger charge is -2.30. The van der Waals surface area contributed by atoms with Gasteiger partial charge in [0.05, 0.1) is 44.4 Å². The highest BCUT2D eigenvalue weighted by Crippen LogP contribution is 2.34. The summed E-state index contributed by atoms with van der Waals surface area (Å²) in [5.74, 6) is 12.8. The summed E-state index contributed by atoms with van der Waals surface area (Å²) in [6.45, 7) is 8.71. The van der Waals surface area contributed by atoms with Crippen LogP contribution in [0.15, 0.2) is 48.8 Å². The topological polar surface area (TPSA) is 175 Å². The van der Waals surface area contributed by atoms with E-state index in [9.17, 15) is 19.2 Å². The van der Waals surface area contributed by atoms with E-state index >= 15 is 0 Å². The first-order valence-corrected chi connectivity index (χ1v) is 18.9. The number of benzene rings is 2. The van der Waals surface area contributed by atoms with Gasteiger partial charge in [-0.3, -0.25) is 9.59 Å². The van der Waals surface area contributed by atoms with Gasteiger partial charge in [0.15, 0.2) is 0 Å². The van der Waals surface area contributed by atoms with E-state index in [1.54, 1.807) is 22.2 Å². The van der Waals surface area contributed by atoms with Gasteiger partial charge in [-0.25, -0.2) is 19.6 Å². The molecule has 58 heavy (non-hydrogen) atoms. The van der Waals surface area contributed by atoms with E-state index in [-0.39, 0.29) is 60.5 Å². The molecule has 16 heteroatoms. The van der Waals surface area contributed by atoms with E-state index in [1.807, 2.05) is 58.0 Å². The fourth-order valence-electron chi connectivity index (χ4n) is 7.30. The van der Waals surface area contributed by atoms with Crippen LogP contribution in [0.3, 0.4) is 0 Å². The third-order valence-electron chi connectivity index (χ3n) is 10.3. The van der Waals surface area contributed by atoms with Crippen LogP contribution in [-0.2, 0) is 19.1 Å². The Hall–Kier alpha value is -5.70. The predicted octanol–water partition coefficient (Wildman–Crippen LogP) is 6.29. The minimum atomic E-state index is -0.703. The van der Waals surface area contributed by atoms with Crippen molar-refractivity contribution in [1.29, 1.82) is 0 Å². The Labute approximate surface area is 350 Å². The number of ether oxygens (including phenoxy) is 2. The minimum absolute atomic E-state index is 0. The second-order valence-electron chi connectivity index (χ2n) is 14.7. The summed E-state index contributed by atoms with van der Waals surface area (Å²) in [5.41, 5.74) is 3.22. The molecule has 0 bridgehead atoms. The summed E-state index contributed by atoms with van der Waals surface area (Å²) in [6, 6.07) is 10.3. The third-order valence-corrected chi connectivity index (χ3v) is 10.3. The molecule has 2 aliphatic rings. The standard InChI is InChI=1S/C42H48N8O6.2ClH/c1-25(2)35(47-41(53)55-5)39(51)49-19-9-13-33(49)37-43-23-31(45-37)12-8-7-11-27-15-16-29-22-30(18-17-28(29)21-27)32-24-44-38(46-32)34-14-10-20-50(34)40(52)36(26(3)4)48-42(54)56-6;;/h15-18,21-26,33-36H,9-10,13-14,19-20H2,1-6H3,(H,43,45)(H,44,46)(H,47,53)(H,48,54);2*1H/t33-,34-,35-,36-;;/m0../s1. The van der Waals surface area contributed by atoms with Crippen molar-refractivity contribution in [2.24, 2.45) is 11.8 Å². The Bertz CT molecular complexity index is 2230. The van der Waals surface area contributed by atoms with Gasteiger partial charge in [-0.05, 0) is 84.3 Å². The van der Waals surface area contributed by atoms with Crippen LogP contribution < -0.4 is 10.6 Å². The van der Waals surface area contributed by atoms with Gasteiger partial charge in [0, 0.05) is 24.2 Å². The fourth-order valence-corrected chi connectivity index (χ4v) is 7.30. The maximum absolute atomic E-state index is 13.5. The number of methoxy groups -OCH3 is 2. The molecule has 2 saturated heterocycles. The number of H-pyrrole nitrogens is 2. The Morgan fingerprint density at radius 2 is 1.24 bits per heavy atom. The molecule has 2 aromatic carbocycles. The summed E-state index contributed by atoms with van der Waals surface area (Å²) >= 11 is 0.